The van der Waals surface area contributed by atoms with Crippen LogP contribution in [0.3, 0.4) is 0 Å². The largest absolute Gasteiger partial charge is 0.481 e. The van der Waals surface area contributed by atoms with Gasteiger partial charge in [-0.25, -0.2) is 0 Å². The standard InChI is InChI=1S/C13H21NO5/c1-9(13(18)19)7-14(8-11(15)16)12(17)10-5-3-2-4-6-10/h9-10H,2-8H2,1H3,(H,15,16)(H,18,19). The monoisotopic (exact) mass is 271 g/mol. The van der Waals surface area contributed by atoms with Crippen LogP contribution in [0, 0.1) is 11.8 Å². The zero-order valence-corrected chi connectivity index (χ0v) is 11.2. The molecule has 0 radical (unpaired) electrons. The Kier molecular flexibility index (Phi) is 5.79. The average molecular weight is 271 g/mol. The van der Waals surface area contributed by atoms with Crippen molar-refractivity contribution in [1.29, 1.82) is 0 Å². The van der Waals surface area contributed by atoms with E-state index in [-0.39, 0.29) is 18.4 Å². The summed E-state index contributed by atoms with van der Waals surface area (Å²) in [5.41, 5.74) is 0. The summed E-state index contributed by atoms with van der Waals surface area (Å²) in [5.74, 6) is -3.25. The maximum Gasteiger partial charge on any atom is 0.323 e. The maximum atomic E-state index is 12.3. The number of amides is 1. The number of carbonyl (C=O) groups is 3. The van der Waals surface area contributed by atoms with Crippen molar-refractivity contribution in [3.05, 3.63) is 0 Å². The minimum Gasteiger partial charge on any atom is -0.481 e. The lowest BCUT2D eigenvalue weighted by atomic mass is 9.88. The van der Waals surface area contributed by atoms with Crippen LogP contribution in [0.5, 0.6) is 0 Å². The molecule has 0 aromatic carbocycles. The summed E-state index contributed by atoms with van der Waals surface area (Å²) in [6.07, 6.45) is 4.61. The molecule has 1 amide bonds. The third-order valence-electron chi connectivity index (χ3n) is 3.51. The number of carboxylic acid groups (broad SMARTS) is 2. The summed E-state index contributed by atoms with van der Waals surface area (Å²) in [5, 5.41) is 17.7. The van der Waals surface area contributed by atoms with Gasteiger partial charge in [-0.1, -0.05) is 26.2 Å². The second-order valence-corrected chi connectivity index (χ2v) is 5.19. The van der Waals surface area contributed by atoms with Gasteiger partial charge < -0.3 is 15.1 Å². The average Bonchev–Trinajstić information content (AvgIpc) is 2.37. The third-order valence-corrected chi connectivity index (χ3v) is 3.51. The van der Waals surface area contributed by atoms with E-state index in [0.29, 0.717) is 0 Å². The van der Waals surface area contributed by atoms with Crippen molar-refractivity contribution in [3.8, 4) is 0 Å². The van der Waals surface area contributed by atoms with Crippen LogP contribution in [-0.2, 0) is 14.4 Å². The van der Waals surface area contributed by atoms with E-state index in [1.165, 1.54) is 11.8 Å². The number of hydrogen-bond acceptors (Lipinski definition) is 3. The van der Waals surface area contributed by atoms with Gasteiger partial charge in [0.05, 0.1) is 5.92 Å². The number of nitrogens with zero attached hydrogens (tertiary/aromatic N) is 1. The molecular weight excluding hydrogens is 250 g/mol. The van der Waals surface area contributed by atoms with Crippen molar-refractivity contribution in [1.82, 2.24) is 4.90 Å². The van der Waals surface area contributed by atoms with Gasteiger partial charge in [-0.15, -0.1) is 0 Å². The van der Waals surface area contributed by atoms with Crippen LogP contribution in [0.15, 0.2) is 0 Å². The molecule has 1 rings (SSSR count). The van der Waals surface area contributed by atoms with Crippen LogP contribution >= 0.6 is 0 Å². The van der Waals surface area contributed by atoms with Crippen molar-refractivity contribution >= 4 is 17.8 Å². The van der Waals surface area contributed by atoms with E-state index >= 15 is 0 Å². The van der Waals surface area contributed by atoms with Crippen LogP contribution < -0.4 is 0 Å². The fraction of sp³-hybridized carbons (Fsp3) is 0.769. The number of carbonyl (C=O) groups excluding carboxylic acids is 1. The van der Waals surface area contributed by atoms with Crippen molar-refractivity contribution in [3.63, 3.8) is 0 Å². The molecule has 0 heterocycles. The molecular formula is C13H21NO5. The van der Waals surface area contributed by atoms with Crippen LogP contribution in [-0.4, -0.2) is 46.0 Å². The molecule has 1 aliphatic carbocycles. The lowest BCUT2D eigenvalue weighted by Crippen LogP contribution is -2.43. The zero-order chi connectivity index (χ0) is 14.4. The van der Waals surface area contributed by atoms with Gasteiger partial charge in [-0.05, 0) is 12.8 Å². The molecule has 1 aliphatic rings. The number of carboxylic acids is 2. The first-order valence-electron chi connectivity index (χ1n) is 6.65. The topological polar surface area (TPSA) is 94.9 Å². The lowest BCUT2D eigenvalue weighted by molar-refractivity contribution is -0.150. The van der Waals surface area contributed by atoms with Gasteiger partial charge in [0.1, 0.15) is 6.54 Å². The highest BCUT2D eigenvalue weighted by Crippen LogP contribution is 2.25. The Morgan fingerprint density at radius 1 is 1.16 bits per heavy atom. The first-order chi connectivity index (χ1) is 8.91. The van der Waals surface area contributed by atoms with E-state index in [1.807, 2.05) is 0 Å². The van der Waals surface area contributed by atoms with Crippen molar-refractivity contribution in [2.24, 2.45) is 11.8 Å². The summed E-state index contributed by atoms with van der Waals surface area (Å²) in [6, 6.07) is 0. The normalized spacial score (nSPS) is 17.7. The maximum absolute atomic E-state index is 12.3. The summed E-state index contributed by atoms with van der Waals surface area (Å²) >= 11 is 0. The molecule has 0 aliphatic heterocycles. The van der Waals surface area contributed by atoms with Crippen LogP contribution in [0.25, 0.3) is 0 Å². The van der Waals surface area contributed by atoms with E-state index in [2.05, 4.69) is 0 Å². The molecule has 0 aromatic heterocycles. The Morgan fingerprint density at radius 3 is 2.21 bits per heavy atom. The molecule has 1 fully saturated rings. The molecule has 1 unspecified atom stereocenters. The quantitative estimate of drug-likeness (QED) is 0.757. The van der Waals surface area contributed by atoms with Gasteiger partial charge in [-0.3, -0.25) is 14.4 Å². The van der Waals surface area contributed by atoms with E-state index < -0.39 is 24.4 Å². The van der Waals surface area contributed by atoms with Crippen LogP contribution in [0.4, 0.5) is 0 Å². The van der Waals surface area contributed by atoms with Crippen LogP contribution in [0.1, 0.15) is 39.0 Å². The zero-order valence-electron chi connectivity index (χ0n) is 11.2. The predicted molar refractivity (Wildman–Crippen MR) is 67.6 cm³/mol. The summed E-state index contributed by atoms with van der Waals surface area (Å²) < 4.78 is 0. The van der Waals surface area contributed by atoms with E-state index in [1.54, 1.807) is 0 Å². The Balaban J connectivity index is 2.68. The van der Waals surface area contributed by atoms with Gasteiger partial charge in [0.2, 0.25) is 5.91 Å². The lowest BCUT2D eigenvalue weighted by Gasteiger charge is -2.29. The summed E-state index contributed by atoms with van der Waals surface area (Å²) in [6.45, 7) is 1.01. The van der Waals surface area contributed by atoms with E-state index in [9.17, 15) is 14.4 Å². The van der Waals surface area contributed by atoms with Crippen LogP contribution in [0.2, 0.25) is 0 Å². The van der Waals surface area contributed by atoms with Gasteiger partial charge in [-0.2, -0.15) is 0 Å². The summed E-state index contributed by atoms with van der Waals surface area (Å²) in [4.78, 5) is 35.1. The molecule has 0 bridgehead atoms. The molecule has 0 spiro atoms. The third kappa shape index (κ3) is 4.89. The Labute approximate surface area is 112 Å². The summed E-state index contributed by atoms with van der Waals surface area (Å²) in [7, 11) is 0. The first-order valence-corrected chi connectivity index (χ1v) is 6.65. The van der Waals surface area contributed by atoms with Crippen molar-refractivity contribution in [2.45, 2.75) is 39.0 Å². The second kappa shape index (κ2) is 7.11. The molecule has 0 saturated heterocycles. The van der Waals surface area contributed by atoms with Gasteiger partial charge >= 0.3 is 11.9 Å². The minimum atomic E-state index is -1.11. The Hall–Kier alpha value is -1.59. The molecule has 1 atom stereocenters. The smallest absolute Gasteiger partial charge is 0.323 e. The predicted octanol–water partition coefficient (Wildman–Crippen LogP) is 1.20. The number of rotatable bonds is 6. The minimum absolute atomic E-state index is 0.0447. The molecule has 19 heavy (non-hydrogen) atoms. The molecule has 2 N–H and O–H groups in total. The van der Waals surface area contributed by atoms with Crippen molar-refractivity contribution < 1.29 is 24.6 Å². The van der Waals surface area contributed by atoms with Gasteiger partial charge in [0.25, 0.3) is 0 Å². The molecule has 6 nitrogen and oxygen atoms in total. The molecule has 108 valence electrons. The molecule has 1 saturated carbocycles. The fourth-order valence-corrected chi connectivity index (χ4v) is 2.41. The second-order valence-electron chi connectivity index (χ2n) is 5.19. The molecule has 0 aromatic rings. The fourth-order valence-electron chi connectivity index (χ4n) is 2.41. The Morgan fingerprint density at radius 2 is 1.74 bits per heavy atom. The highest BCUT2D eigenvalue weighted by Gasteiger charge is 2.29. The van der Waals surface area contributed by atoms with Gasteiger partial charge in [0.15, 0.2) is 0 Å². The molecule has 6 heteroatoms. The SMILES string of the molecule is CC(CN(CC(=O)O)C(=O)C1CCCCC1)C(=O)O. The van der Waals surface area contributed by atoms with E-state index in [0.717, 1.165) is 32.1 Å². The number of aliphatic carboxylic acids is 2. The van der Waals surface area contributed by atoms with E-state index in [4.69, 9.17) is 10.2 Å². The highest BCUT2D eigenvalue weighted by molar-refractivity contribution is 5.83. The van der Waals surface area contributed by atoms with Gasteiger partial charge in [0, 0.05) is 12.5 Å². The van der Waals surface area contributed by atoms with Crippen molar-refractivity contribution in [2.75, 3.05) is 13.1 Å². The Bertz CT molecular complexity index is 349. The first kappa shape index (κ1) is 15.5. The highest BCUT2D eigenvalue weighted by atomic mass is 16.4. The number of hydrogen-bond donors (Lipinski definition) is 2.